The first-order valence-electron chi connectivity index (χ1n) is 14.4. The number of nitrogens with two attached hydrogens (primary N) is 1. The Morgan fingerprint density at radius 1 is 0.949 bits per heavy atom. The fraction of sp³-hybridized carbons (Fsp3) is 0.467. The molecule has 9 nitrogen and oxygen atoms in total. The topological polar surface area (TPSA) is 110 Å². The molecule has 2 fully saturated rings. The second kappa shape index (κ2) is 12.1. The Bertz CT molecular complexity index is 1340. The molecule has 4 N–H and O–H groups in total. The van der Waals surface area contributed by atoms with E-state index in [1.165, 1.54) is 5.56 Å². The summed E-state index contributed by atoms with van der Waals surface area (Å²) in [5, 5.41) is 12.9. The van der Waals surface area contributed by atoms with Crippen molar-refractivity contribution in [2.75, 3.05) is 42.9 Å². The molecule has 4 aromatic rings. The quantitative estimate of drug-likeness (QED) is 0.283. The van der Waals surface area contributed by atoms with Crippen LogP contribution < -0.4 is 21.3 Å². The molecule has 1 aliphatic heterocycles. The van der Waals surface area contributed by atoms with E-state index in [1.54, 1.807) is 0 Å². The largest absolute Gasteiger partial charge is 0.354 e. The summed E-state index contributed by atoms with van der Waals surface area (Å²) in [4.78, 5) is 16.7. The van der Waals surface area contributed by atoms with Crippen molar-refractivity contribution in [1.82, 2.24) is 30.0 Å². The molecular formula is C30H39N9. The van der Waals surface area contributed by atoms with Crippen LogP contribution in [0.1, 0.15) is 37.7 Å². The van der Waals surface area contributed by atoms with Gasteiger partial charge in [-0.25, -0.2) is 14.6 Å². The van der Waals surface area contributed by atoms with Gasteiger partial charge >= 0.3 is 0 Å². The Morgan fingerprint density at radius 2 is 1.77 bits per heavy atom. The van der Waals surface area contributed by atoms with Crippen LogP contribution in [0, 0.1) is 5.92 Å². The van der Waals surface area contributed by atoms with Crippen LogP contribution in [0.3, 0.4) is 0 Å². The summed E-state index contributed by atoms with van der Waals surface area (Å²) >= 11 is 0. The zero-order valence-corrected chi connectivity index (χ0v) is 22.6. The van der Waals surface area contributed by atoms with E-state index in [1.807, 2.05) is 12.4 Å². The predicted molar refractivity (Wildman–Crippen MR) is 157 cm³/mol. The highest BCUT2D eigenvalue weighted by Crippen LogP contribution is 2.31. The molecule has 2 aliphatic rings. The van der Waals surface area contributed by atoms with Crippen molar-refractivity contribution in [3.8, 4) is 11.3 Å². The molecule has 0 amide bonds. The number of aryl methyl sites for hydroxylation is 1. The Labute approximate surface area is 230 Å². The molecule has 0 radical (unpaired) electrons. The predicted octanol–water partition coefficient (Wildman–Crippen LogP) is 3.86. The number of nitrogens with zero attached hydrogens (tertiary/aromatic N) is 6. The molecular weight excluding hydrogens is 486 g/mol. The van der Waals surface area contributed by atoms with Crippen molar-refractivity contribution in [2.24, 2.45) is 11.7 Å². The van der Waals surface area contributed by atoms with Gasteiger partial charge in [-0.15, -0.1) is 0 Å². The van der Waals surface area contributed by atoms with E-state index in [9.17, 15) is 0 Å². The minimum absolute atomic E-state index is 0.334. The number of pyridine rings is 1. The third-order valence-electron chi connectivity index (χ3n) is 8.04. The van der Waals surface area contributed by atoms with Gasteiger partial charge in [0.2, 0.25) is 5.95 Å². The number of anilines is 2. The first kappa shape index (κ1) is 25.7. The average molecular weight is 526 g/mol. The number of benzene rings is 1. The smallest absolute Gasteiger partial charge is 0.224 e. The van der Waals surface area contributed by atoms with Gasteiger partial charge in [-0.2, -0.15) is 10.1 Å². The number of aromatic nitrogens is 5. The van der Waals surface area contributed by atoms with Crippen molar-refractivity contribution in [1.29, 1.82) is 0 Å². The van der Waals surface area contributed by atoms with Crippen LogP contribution in [-0.4, -0.2) is 63.5 Å². The first-order chi connectivity index (χ1) is 19.2. The summed E-state index contributed by atoms with van der Waals surface area (Å²) in [7, 11) is 0. The Kier molecular flexibility index (Phi) is 7.97. The van der Waals surface area contributed by atoms with Gasteiger partial charge in [0.1, 0.15) is 11.5 Å². The molecule has 9 heteroatoms. The lowest BCUT2D eigenvalue weighted by molar-refractivity contribution is 0.288. The molecule has 1 saturated carbocycles. The first-order valence-corrected chi connectivity index (χ1v) is 14.4. The summed E-state index contributed by atoms with van der Waals surface area (Å²) in [5.74, 6) is 2.23. The van der Waals surface area contributed by atoms with Crippen LogP contribution >= 0.6 is 0 Å². The van der Waals surface area contributed by atoms with Gasteiger partial charge in [0.15, 0.2) is 5.65 Å². The standard InChI is InChI=1S/C30H39N9/c31-25-11-8-23(9-12-25)21-39-29-26(20-35-30(36-29)33-14-4-7-22-5-2-1-3-6-22)28(37-39)24-10-13-27(34-19-24)38-17-15-32-16-18-38/h1-3,5-6,10,13,19-20,23,25,32H,4,7-9,11-12,14-18,21,31H2,(H,33,35,36). The minimum Gasteiger partial charge on any atom is -0.354 e. The second-order valence-electron chi connectivity index (χ2n) is 10.9. The number of fused-ring (bicyclic) bond motifs is 1. The lowest BCUT2D eigenvalue weighted by atomic mass is 9.86. The van der Waals surface area contributed by atoms with Crippen LogP contribution in [0.4, 0.5) is 11.8 Å². The van der Waals surface area contributed by atoms with Crippen molar-refractivity contribution in [3.05, 3.63) is 60.4 Å². The normalized spacial score (nSPS) is 19.9. The van der Waals surface area contributed by atoms with Gasteiger partial charge in [-0.1, -0.05) is 30.3 Å². The molecule has 1 aromatic carbocycles. The van der Waals surface area contributed by atoms with Crippen molar-refractivity contribution < 1.29 is 0 Å². The molecule has 204 valence electrons. The van der Waals surface area contributed by atoms with Gasteiger partial charge in [0, 0.05) is 63.3 Å². The van der Waals surface area contributed by atoms with Gasteiger partial charge in [0.25, 0.3) is 0 Å². The highest BCUT2D eigenvalue weighted by molar-refractivity contribution is 5.91. The molecule has 39 heavy (non-hydrogen) atoms. The molecule has 4 heterocycles. The molecule has 3 aromatic heterocycles. The maximum absolute atomic E-state index is 6.18. The van der Waals surface area contributed by atoms with Gasteiger partial charge < -0.3 is 21.3 Å². The van der Waals surface area contributed by atoms with Crippen LogP contribution in [0.2, 0.25) is 0 Å². The lowest BCUT2D eigenvalue weighted by Gasteiger charge is -2.28. The molecule has 0 bridgehead atoms. The second-order valence-corrected chi connectivity index (χ2v) is 10.9. The number of rotatable bonds is 9. The molecule has 0 spiro atoms. The van der Waals surface area contributed by atoms with Gasteiger partial charge in [-0.3, -0.25) is 0 Å². The number of hydrogen-bond donors (Lipinski definition) is 3. The molecule has 0 unspecified atom stereocenters. The number of hydrogen-bond acceptors (Lipinski definition) is 8. The van der Waals surface area contributed by atoms with Crippen LogP contribution in [0.5, 0.6) is 0 Å². The Balaban J connectivity index is 1.22. The van der Waals surface area contributed by atoms with E-state index in [4.69, 9.17) is 20.8 Å². The Hall–Kier alpha value is -3.56. The lowest BCUT2D eigenvalue weighted by Crippen LogP contribution is -2.43. The van der Waals surface area contributed by atoms with Crippen LogP contribution in [-0.2, 0) is 13.0 Å². The Morgan fingerprint density at radius 3 is 2.54 bits per heavy atom. The third kappa shape index (κ3) is 6.20. The van der Waals surface area contributed by atoms with Crippen molar-refractivity contribution in [2.45, 2.75) is 51.1 Å². The summed E-state index contributed by atoms with van der Waals surface area (Å²) in [5.41, 5.74) is 10.3. The molecule has 0 atom stereocenters. The van der Waals surface area contributed by atoms with Crippen LogP contribution in [0.15, 0.2) is 54.9 Å². The number of nitrogens with one attached hydrogen (secondary N) is 2. The third-order valence-corrected chi connectivity index (χ3v) is 8.04. The van der Waals surface area contributed by atoms with E-state index in [0.717, 1.165) is 106 Å². The van der Waals surface area contributed by atoms with Crippen molar-refractivity contribution in [3.63, 3.8) is 0 Å². The zero-order valence-electron chi connectivity index (χ0n) is 22.6. The highest BCUT2D eigenvalue weighted by atomic mass is 15.3. The van der Waals surface area contributed by atoms with E-state index in [0.29, 0.717) is 17.9 Å². The molecule has 6 rings (SSSR count). The van der Waals surface area contributed by atoms with E-state index in [-0.39, 0.29) is 0 Å². The SMILES string of the molecule is NC1CCC(Cn2nc(-c3ccc(N4CCNCC4)nc3)c3cnc(NCCCc4ccccc4)nc32)CC1. The molecule has 1 saturated heterocycles. The summed E-state index contributed by atoms with van der Waals surface area (Å²) in [6, 6.07) is 15.2. The summed E-state index contributed by atoms with van der Waals surface area (Å²) < 4.78 is 2.09. The fourth-order valence-electron chi connectivity index (χ4n) is 5.74. The maximum Gasteiger partial charge on any atom is 0.224 e. The maximum atomic E-state index is 6.18. The van der Waals surface area contributed by atoms with Crippen molar-refractivity contribution >= 4 is 22.8 Å². The fourth-order valence-corrected chi connectivity index (χ4v) is 5.74. The van der Waals surface area contributed by atoms with E-state index < -0.39 is 0 Å². The van der Waals surface area contributed by atoms with Crippen LogP contribution in [0.25, 0.3) is 22.3 Å². The summed E-state index contributed by atoms with van der Waals surface area (Å²) in [6.45, 7) is 5.60. The highest BCUT2D eigenvalue weighted by Gasteiger charge is 2.22. The summed E-state index contributed by atoms with van der Waals surface area (Å²) in [6.07, 6.45) is 10.3. The molecule has 1 aliphatic carbocycles. The van der Waals surface area contributed by atoms with Gasteiger partial charge in [0.05, 0.1) is 5.39 Å². The van der Waals surface area contributed by atoms with E-state index in [2.05, 4.69) is 67.7 Å². The van der Waals surface area contributed by atoms with Gasteiger partial charge in [-0.05, 0) is 62.1 Å². The average Bonchev–Trinajstić information content (AvgIpc) is 3.35. The minimum atomic E-state index is 0.334. The zero-order chi connectivity index (χ0) is 26.4. The monoisotopic (exact) mass is 525 g/mol. The van der Waals surface area contributed by atoms with E-state index >= 15 is 0 Å². The number of piperazine rings is 1.